The highest BCUT2D eigenvalue weighted by Gasteiger charge is 2.16. The summed E-state index contributed by atoms with van der Waals surface area (Å²) in [5, 5.41) is 13.5. The molecule has 1 fully saturated rings. The number of nitrogens with zero attached hydrogens (tertiary/aromatic N) is 1. The Hall–Kier alpha value is -1.14. The summed E-state index contributed by atoms with van der Waals surface area (Å²) in [6, 6.07) is 8.10. The monoisotopic (exact) mass is 294 g/mol. The van der Waals surface area contributed by atoms with Crippen LogP contribution in [0.25, 0.3) is 0 Å². The zero-order valence-electron chi connectivity index (χ0n) is 12.9. The molecule has 1 aromatic carbocycles. The number of hydrogen-bond donors (Lipinski definition) is 2. The Kier molecular flexibility index (Phi) is 6.45. The molecule has 0 bridgehead atoms. The number of methoxy groups -OCH3 is 1. The van der Waals surface area contributed by atoms with Crippen LogP contribution in [0.1, 0.15) is 18.5 Å². The van der Waals surface area contributed by atoms with Gasteiger partial charge in [0.25, 0.3) is 0 Å². The molecular formula is C16H26N2O3. The number of aliphatic hydroxyl groups excluding tert-OH is 1. The number of nitrogens with one attached hydrogen (secondary N) is 1. The average molecular weight is 294 g/mol. The van der Waals surface area contributed by atoms with Crippen molar-refractivity contribution in [3.8, 4) is 5.75 Å². The van der Waals surface area contributed by atoms with Crippen LogP contribution in [0.3, 0.4) is 0 Å². The van der Waals surface area contributed by atoms with Crippen LogP contribution >= 0.6 is 0 Å². The second-order valence-electron chi connectivity index (χ2n) is 5.44. The number of rotatable bonds is 7. The van der Waals surface area contributed by atoms with Crippen LogP contribution in [0.2, 0.25) is 0 Å². The fraction of sp³-hybridized carbons (Fsp3) is 0.625. The van der Waals surface area contributed by atoms with E-state index in [4.69, 9.17) is 9.47 Å². The van der Waals surface area contributed by atoms with Gasteiger partial charge in [0, 0.05) is 37.8 Å². The van der Waals surface area contributed by atoms with Gasteiger partial charge in [-0.25, -0.2) is 0 Å². The Bertz CT molecular complexity index is 422. The number of hydrogen-bond acceptors (Lipinski definition) is 5. The van der Waals surface area contributed by atoms with E-state index >= 15 is 0 Å². The van der Waals surface area contributed by atoms with E-state index in [0.29, 0.717) is 13.1 Å². The van der Waals surface area contributed by atoms with Crippen molar-refractivity contribution in [1.82, 2.24) is 10.2 Å². The molecule has 2 N–H and O–H groups in total. The maximum atomic E-state index is 10.1. The van der Waals surface area contributed by atoms with Gasteiger partial charge in [0.15, 0.2) is 0 Å². The van der Waals surface area contributed by atoms with Crippen molar-refractivity contribution in [2.24, 2.45) is 0 Å². The molecule has 0 aromatic heterocycles. The lowest BCUT2D eigenvalue weighted by Gasteiger charge is -2.29. The van der Waals surface area contributed by atoms with Crippen LogP contribution in [-0.4, -0.2) is 62.6 Å². The van der Waals surface area contributed by atoms with Crippen molar-refractivity contribution in [3.05, 3.63) is 29.8 Å². The SMILES string of the molecule is COc1ccccc1[C@@H](C)NCC(O)CN1CCOCC1. The molecule has 1 unspecified atom stereocenters. The number of morpholine rings is 1. The molecule has 0 amide bonds. The van der Waals surface area contributed by atoms with Crippen molar-refractivity contribution in [2.45, 2.75) is 19.1 Å². The van der Waals surface area contributed by atoms with Crippen molar-refractivity contribution in [3.63, 3.8) is 0 Å². The minimum atomic E-state index is -0.375. The zero-order chi connectivity index (χ0) is 15.1. The van der Waals surface area contributed by atoms with Crippen molar-refractivity contribution < 1.29 is 14.6 Å². The minimum absolute atomic E-state index is 0.139. The van der Waals surface area contributed by atoms with Crippen LogP contribution in [0, 0.1) is 0 Å². The summed E-state index contributed by atoms with van der Waals surface area (Å²) in [6.45, 7) is 6.67. The van der Waals surface area contributed by atoms with Gasteiger partial charge in [-0.3, -0.25) is 4.90 Å². The first-order chi connectivity index (χ1) is 10.2. The molecule has 1 saturated heterocycles. The van der Waals surface area contributed by atoms with E-state index in [1.54, 1.807) is 7.11 Å². The highest BCUT2D eigenvalue weighted by Crippen LogP contribution is 2.24. The normalized spacial score (nSPS) is 19.2. The molecule has 0 aliphatic carbocycles. The molecule has 2 rings (SSSR count). The summed E-state index contributed by atoms with van der Waals surface area (Å²) in [5.74, 6) is 0.875. The first kappa shape index (κ1) is 16.2. The standard InChI is InChI=1S/C16H26N2O3/c1-13(15-5-3-4-6-16(15)20-2)17-11-14(19)12-18-7-9-21-10-8-18/h3-6,13-14,17,19H,7-12H2,1-2H3/t13-,14?/m1/s1. The number of aliphatic hydroxyl groups is 1. The van der Waals surface area contributed by atoms with Gasteiger partial charge in [-0.15, -0.1) is 0 Å². The molecule has 0 saturated carbocycles. The van der Waals surface area contributed by atoms with E-state index in [2.05, 4.69) is 17.1 Å². The Balaban J connectivity index is 1.78. The van der Waals surface area contributed by atoms with E-state index in [9.17, 15) is 5.11 Å². The summed E-state index contributed by atoms with van der Waals surface area (Å²) >= 11 is 0. The third-order valence-electron chi connectivity index (χ3n) is 3.84. The lowest BCUT2D eigenvalue weighted by molar-refractivity contribution is 0.0145. The highest BCUT2D eigenvalue weighted by molar-refractivity contribution is 5.35. The summed E-state index contributed by atoms with van der Waals surface area (Å²) in [5.41, 5.74) is 1.11. The van der Waals surface area contributed by atoms with Crippen LogP contribution < -0.4 is 10.1 Å². The largest absolute Gasteiger partial charge is 0.496 e. The molecule has 5 nitrogen and oxygen atoms in total. The molecule has 118 valence electrons. The molecule has 5 heteroatoms. The van der Waals surface area contributed by atoms with E-state index in [1.807, 2.05) is 24.3 Å². The van der Waals surface area contributed by atoms with E-state index in [1.165, 1.54) is 0 Å². The van der Waals surface area contributed by atoms with Crippen LogP contribution in [0.15, 0.2) is 24.3 Å². The second-order valence-corrected chi connectivity index (χ2v) is 5.44. The number of para-hydroxylation sites is 1. The fourth-order valence-electron chi connectivity index (χ4n) is 2.59. The highest BCUT2D eigenvalue weighted by atomic mass is 16.5. The predicted molar refractivity (Wildman–Crippen MR) is 82.7 cm³/mol. The van der Waals surface area contributed by atoms with Crippen LogP contribution in [0.5, 0.6) is 5.75 Å². The third-order valence-corrected chi connectivity index (χ3v) is 3.84. The maximum absolute atomic E-state index is 10.1. The second kappa shape index (κ2) is 8.34. The average Bonchev–Trinajstić information content (AvgIpc) is 2.53. The molecule has 1 aromatic rings. The topological polar surface area (TPSA) is 54.0 Å². The predicted octanol–water partition coefficient (Wildman–Crippen LogP) is 1.04. The Labute approximate surface area is 126 Å². The van der Waals surface area contributed by atoms with Crippen LogP contribution in [-0.2, 0) is 4.74 Å². The summed E-state index contributed by atoms with van der Waals surface area (Å²) in [7, 11) is 1.68. The Morgan fingerprint density at radius 3 is 2.76 bits per heavy atom. The molecule has 1 aliphatic rings. The zero-order valence-corrected chi connectivity index (χ0v) is 12.9. The number of β-amino-alcohol motifs (C(OH)–C–C–N with tert-alkyl or cyclic N) is 1. The lowest BCUT2D eigenvalue weighted by atomic mass is 10.1. The maximum Gasteiger partial charge on any atom is 0.123 e. The molecule has 2 atom stereocenters. The van der Waals surface area contributed by atoms with Gasteiger partial charge in [-0.05, 0) is 13.0 Å². The summed E-state index contributed by atoms with van der Waals surface area (Å²) in [4.78, 5) is 2.24. The first-order valence-electron chi connectivity index (χ1n) is 7.55. The summed E-state index contributed by atoms with van der Waals surface area (Å²) in [6.07, 6.45) is -0.375. The van der Waals surface area contributed by atoms with Gasteiger partial charge in [-0.2, -0.15) is 0 Å². The van der Waals surface area contributed by atoms with Gasteiger partial charge < -0.3 is 19.9 Å². The Morgan fingerprint density at radius 2 is 2.05 bits per heavy atom. The van der Waals surface area contributed by atoms with Gasteiger partial charge in [0.1, 0.15) is 5.75 Å². The first-order valence-corrected chi connectivity index (χ1v) is 7.55. The van der Waals surface area contributed by atoms with E-state index < -0.39 is 0 Å². The number of benzene rings is 1. The molecule has 21 heavy (non-hydrogen) atoms. The van der Waals surface area contributed by atoms with Gasteiger partial charge in [-0.1, -0.05) is 18.2 Å². The number of ether oxygens (including phenoxy) is 2. The smallest absolute Gasteiger partial charge is 0.123 e. The molecule has 0 radical (unpaired) electrons. The van der Waals surface area contributed by atoms with Crippen molar-refractivity contribution >= 4 is 0 Å². The quantitative estimate of drug-likeness (QED) is 0.787. The molecule has 0 spiro atoms. The van der Waals surface area contributed by atoms with Gasteiger partial charge in [0.2, 0.25) is 0 Å². The van der Waals surface area contributed by atoms with Gasteiger partial charge in [0.05, 0.1) is 26.4 Å². The lowest BCUT2D eigenvalue weighted by Crippen LogP contribution is -2.44. The van der Waals surface area contributed by atoms with Gasteiger partial charge >= 0.3 is 0 Å². The molecule has 1 aliphatic heterocycles. The minimum Gasteiger partial charge on any atom is -0.496 e. The fourth-order valence-corrected chi connectivity index (χ4v) is 2.59. The molecular weight excluding hydrogens is 268 g/mol. The third kappa shape index (κ3) is 4.97. The van der Waals surface area contributed by atoms with Crippen molar-refractivity contribution in [1.29, 1.82) is 0 Å². The Morgan fingerprint density at radius 1 is 1.33 bits per heavy atom. The van der Waals surface area contributed by atoms with E-state index in [0.717, 1.165) is 37.6 Å². The van der Waals surface area contributed by atoms with E-state index in [-0.39, 0.29) is 12.1 Å². The summed E-state index contributed by atoms with van der Waals surface area (Å²) < 4.78 is 10.7. The van der Waals surface area contributed by atoms with Crippen LogP contribution in [0.4, 0.5) is 0 Å². The molecule has 1 heterocycles. The van der Waals surface area contributed by atoms with Crippen molar-refractivity contribution in [2.75, 3.05) is 46.5 Å².